The molecule has 0 N–H and O–H groups in total. The summed E-state index contributed by atoms with van der Waals surface area (Å²) in [5, 5.41) is 10.6. The van der Waals surface area contributed by atoms with Gasteiger partial charge in [0.15, 0.2) is 0 Å². The summed E-state index contributed by atoms with van der Waals surface area (Å²) in [6, 6.07) is 12.5. The first-order valence-electron chi connectivity index (χ1n) is 6.59. The van der Waals surface area contributed by atoms with Crippen LogP contribution in [0.2, 0.25) is 0 Å². The second-order valence-corrected chi connectivity index (χ2v) is 4.43. The van der Waals surface area contributed by atoms with E-state index in [-0.39, 0.29) is 17.9 Å². The van der Waals surface area contributed by atoms with Crippen LogP contribution in [0.4, 0.5) is 5.69 Å². The zero-order valence-corrected chi connectivity index (χ0v) is 11.8. The number of nitrogens with zero attached hydrogens (tertiary/aromatic N) is 1. The molecule has 0 radical (unpaired) electrons. The molecule has 2 aromatic carbocycles. The molecule has 0 aliphatic carbocycles. The fourth-order valence-corrected chi connectivity index (χ4v) is 1.90. The van der Waals surface area contributed by atoms with Crippen LogP contribution >= 0.6 is 0 Å². The van der Waals surface area contributed by atoms with Crippen LogP contribution in [0, 0.1) is 10.1 Å². The molecule has 0 aromatic heterocycles. The van der Waals surface area contributed by atoms with Crippen molar-refractivity contribution in [3.05, 3.63) is 64.2 Å². The van der Waals surface area contributed by atoms with Crippen LogP contribution in [-0.4, -0.2) is 23.3 Å². The highest BCUT2D eigenvalue weighted by molar-refractivity contribution is 6.40. The Labute approximate surface area is 126 Å². The number of ether oxygens (including phenoxy) is 1. The first-order chi connectivity index (χ1) is 10.5. The van der Waals surface area contributed by atoms with Gasteiger partial charge in [0, 0.05) is 17.7 Å². The summed E-state index contributed by atoms with van der Waals surface area (Å²) in [5.41, 5.74) is 1.82. The molecule has 0 spiro atoms. The number of non-ortho nitro benzene ring substituents is 1. The lowest BCUT2D eigenvalue weighted by atomic mass is 10.0. The molecule has 112 valence electrons. The van der Waals surface area contributed by atoms with Gasteiger partial charge in [-0.15, -0.1) is 0 Å². The molecule has 22 heavy (non-hydrogen) atoms. The van der Waals surface area contributed by atoms with Crippen LogP contribution in [0.5, 0.6) is 0 Å². The van der Waals surface area contributed by atoms with E-state index in [1.54, 1.807) is 31.2 Å². The Morgan fingerprint density at radius 2 is 1.50 bits per heavy atom. The van der Waals surface area contributed by atoms with Crippen molar-refractivity contribution >= 4 is 17.4 Å². The molecule has 0 heterocycles. The van der Waals surface area contributed by atoms with E-state index in [0.29, 0.717) is 0 Å². The maximum atomic E-state index is 11.8. The van der Waals surface area contributed by atoms with Gasteiger partial charge in [0.2, 0.25) is 0 Å². The van der Waals surface area contributed by atoms with Gasteiger partial charge in [-0.25, -0.2) is 4.79 Å². The van der Waals surface area contributed by atoms with Crippen LogP contribution in [-0.2, 0) is 9.53 Å². The Bertz CT molecular complexity index is 704. The number of ketones is 1. The van der Waals surface area contributed by atoms with Gasteiger partial charge in [0.25, 0.3) is 11.5 Å². The highest BCUT2D eigenvalue weighted by Gasteiger charge is 2.17. The van der Waals surface area contributed by atoms with Gasteiger partial charge in [-0.05, 0) is 30.2 Å². The summed E-state index contributed by atoms with van der Waals surface area (Å²) in [5.74, 6) is -1.58. The monoisotopic (exact) mass is 299 g/mol. The molecule has 6 heteroatoms. The summed E-state index contributed by atoms with van der Waals surface area (Å²) in [7, 11) is 0. The van der Waals surface area contributed by atoms with Gasteiger partial charge >= 0.3 is 5.97 Å². The van der Waals surface area contributed by atoms with Gasteiger partial charge in [-0.2, -0.15) is 0 Å². The van der Waals surface area contributed by atoms with E-state index >= 15 is 0 Å². The molecular formula is C16H13NO5. The molecule has 0 bridgehead atoms. The zero-order chi connectivity index (χ0) is 16.1. The van der Waals surface area contributed by atoms with Crippen molar-refractivity contribution < 1.29 is 19.2 Å². The molecule has 2 rings (SSSR count). The third-order valence-electron chi connectivity index (χ3n) is 3.02. The Kier molecular flexibility index (Phi) is 4.63. The standard InChI is InChI=1S/C16H13NO5/c1-2-22-16(19)15(18)13-5-3-11(4-6-13)12-7-9-14(10-8-12)17(20)21/h3-10H,2H2,1H3. The van der Waals surface area contributed by atoms with Crippen molar-refractivity contribution in [3.63, 3.8) is 0 Å². The SMILES string of the molecule is CCOC(=O)C(=O)c1ccc(-c2ccc([N+](=O)[O-])cc2)cc1. The third kappa shape index (κ3) is 3.35. The molecule has 0 aliphatic rings. The lowest BCUT2D eigenvalue weighted by Gasteiger charge is -2.04. The van der Waals surface area contributed by atoms with E-state index in [9.17, 15) is 19.7 Å². The zero-order valence-electron chi connectivity index (χ0n) is 11.8. The van der Waals surface area contributed by atoms with Crippen molar-refractivity contribution in [2.24, 2.45) is 0 Å². The largest absolute Gasteiger partial charge is 0.460 e. The normalized spacial score (nSPS) is 10.0. The van der Waals surface area contributed by atoms with E-state index in [1.807, 2.05) is 0 Å². The summed E-state index contributed by atoms with van der Waals surface area (Å²) in [4.78, 5) is 33.3. The molecule has 0 fully saturated rings. The van der Waals surface area contributed by atoms with Crippen molar-refractivity contribution in [2.75, 3.05) is 6.61 Å². The first kappa shape index (κ1) is 15.4. The quantitative estimate of drug-likeness (QED) is 0.278. The van der Waals surface area contributed by atoms with E-state index in [2.05, 4.69) is 4.74 Å². The van der Waals surface area contributed by atoms with Crippen molar-refractivity contribution in [2.45, 2.75) is 6.92 Å². The van der Waals surface area contributed by atoms with Crippen molar-refractivity contribution in [3.8, 4) is 11.1 Å². The average molecular weight is 299 g/mol. The van der Waals surface area contributed by atoms with Crippen LogP contribution < -0.4 is 0 Å². The van der Waals surface area contributed by atoms with E-state index < -0.39 is 16.7 Å². The summed E-state index contributed by atoms with van der Waals surface area (Å²) in [6.07, 6.45) is 0. The van der Waals surface area contributed by atoms with Crippen molar-refractivity contribution in [1.29, 1.82) is 0 Å². The van der Waals surface area contributed by atoms with Crippen LogP contribution in [0.3, 0.4) is 0 Å². The van der Waals surface area contributed by atoms with Gasteiger partial charge < -0.3 is 4.74 Å². The minimum atomic E-state index is -0.884. The van der Waals surface area contributed by atoms with Gasteiger partial charge in [0.05, 0.1) is 11.5 Å². The number of hydrogen-bond donors (Lipinski definition) is 0. The Hall–Kier alpha value is -3.02. The molecular weight excluding hydrogens is 286 g/mol. The third-order valence-corrected chi connectivity index (χ3v) is 3.02. The smallest absolute Gasteiger partial charge is 0.379 e. The Morgan fingerprint density at radius 3 is 1.95 bits per heavy atom. The Balaban J connectivity index is 2.19. The highest BCUT2D eigenvalue weighted by Crippen LogP contribution is 2.22. The van der Waals surface area contributed by atoms with Crippen LogP contribution in [0.15, 0.2) is 48.5 Å². The highest BCUT2D eigenvalue weighted by atomic mass is 16.6. The summed E-state index contributed by atoms with van der Waals surface area (Å²) in [6.45, 7) is 1.77. The lowest BCUT2D eigenvalue weighted by molar-refractivity contribution is -0.384. The predicted octanol–water partition coefficient (Wildman–Crippen LogP) is 3.01. The average Bonchev–Trinajstić information content (AvgIpc) is 2.54. The maximum Gasteiger partial charge on any atom is 0.379 e. The molecule has 2 aromatic rings. The summed E-state index contributed by atoms with van der Waals surface area (Å²) >= 11 is 0. The van der Waals surface area contributed by atoms with Gasteiger partial charge in [0.1, 0.15) is 0 Å². The molecule has 0 saturated carbocycles. The molecule has 6 nitrogen and oxygen atoms in total. The number of carbonyl (C=O) groups is 2. The number of rotatable bonds is 5. The molecule has 0 aliphatic heterocycles. The second-order valence-electron chi connectivity index (χ2n) is 4.43. The van der Waals surface area contributed by atoms with E-state index in [1.165, 1.54) is 24.3 Å². The van der Waals surface area contributed by atoms with E-state index in [4.69, 9.17) is 0 Å². The number of hydrogen-bond acceptors (Lipinski definition) is 5. The second kappa shape index (κ2) is 6.62. The topological polar surface area (TPSA) is 86.5 Å². The minimum absolute atomic E-state index is 0.0119. The molecule has 0 atom stereocenters. The molecule has 0 unspecified atom stereocenters. The van der Waals surface area contributed by atoms with Gasteiger partial charge in [-0.1, -0.05) is 24.3 Å². The van der Waals surface area contributed by atoms with E-state index in [0.717, 1.165) is 11.1 Å². The van der Waals surface area contributed by atoms with Crippen LogP contribution in [0.25, 0.3) is 11.1 Å². The number of Topliss-reactive ketones (excluding diaryl/α,β-unsaturated/α-hetero) is 1. The molecule has 0 amide bonds. The van der Waals surface area contributed by atoms with Gasteiger partial charge in [-0.3, -0.25) is 14.9 Å². The fraction of sp³-hybridized carbons (Fsp3) is 0.125. The molecule has 0 saturated heterocycles. The number of nitro benzene ring substituents is 1. The number of benzene rings is 2. The van der Waals surface area contributed by atoms with Crippen LogP contribution in [0.1, 0.15) is 17.3 Å². The number of carbonyl (C=O) groups excluding carboxylic acids is 2. The number of nitro groups is 1. The van der Waals surface area contributed by atoms with Crippen molar-refractivity contribution in [1.82, 2.24) is 0 Å². The summed E-state index contributed by atoms with van der Waals surface area (Å²) < 4.78 is 4.66. The fourth-order valence-electron chi connectivity index (χ4n) is 1.90. The minimum Gasteiger partial charge on any atom is -0.460 e. The Morgan fingerprint density at radius 1 is 1.00 bits per heavy atom. The number of esters is 1. The first-order valence-corrected chi connectivity index (χ1v) is 6.59. The maximum absolute atomic E-state index is 11.8. The predicted molar refractivity (Wildman–Crippen MR) is 79.5 cm³/mol. The lowest BCUT2D eigenvalue weighted by Crippen LogP contribution is -2.17.